The second-order valence-electron chi connectivity index (χ2n) is 10.4. The van der Waals surface area contributed by atoms with E-state index in [4.69, 9.17) is 10.5 Å². The van der Waals surface area contributed by atoms with E-state index in [1.165, 1.54) is 44.1 Å². The number of esters is 1. The van der Waals surface area contributed by atoms with Gasteiger partial charge in [0.2, 0.25) is 0 Å². The molecule has 1 atom stereocenters. The van der Waals surface area contributed by atoms with E-state index in [0.717, 1.165) is 48.7 Å². The zero-order valence-electron chi connectivity index (χ0n) is 19.0. The van der Waals surface area contributed by atoms with E-state index in [-0.39, 0.29) is 17.1 Å². The number of benzene rings is 1. The van der Waals surface area contributed by atoms with Crippen molar-refractivity contribution in [1.29, 1.82) is 0 Å². The summed E-state index contributed by atoms with van der Waals surface area (Å²) in [4.78, 5) is 16.6. The Labute approximate surface area is 180 Å². The van der Waals surface area contributed by atoms with Crippen LogP contribution in [0.15, 0.2) is 18.2 Å². The molecule has 0 aliphatic heterocycles. The van der Waals surface area contributed by atoms with E-state index >= 15 is 0 Å². The molecule has 30 heavy (non-hydrogen) atoms. The van der Waals surface area contributed by atoms with Crippen molar-refractivity contribution in [3.05, 3.63) is 35.0 Å². The Morgan fingerprint density at radius 2 is 1.83 bits per heavy atom. The maximum atomic E-state index is 13.2. The van der Waals surface area contributed by atoms with Gasteiger partial charge in [-0.1, -0.05) is 31.7 Å². The summed E-state index contributed by atoms with van der Waals surface area (Å²) in [5.74, 6) is 0.383. The van der Waals surface area contributed by atoms with Gasteiger partial charge >= 0.3 is 5.97 Å². The van der Waals surface area contributed by atoms with E-state index in [1.54, 1.807) is 0 Å². The van der Waals surface area contributed by atoms with Crippen LogP contribution in [-0.2, 0) is 11.2 Å². The Morgan fingerprint density at radius 3 is 2.53 bits per heavy atom. The Balaban J connectivity index is 1.58. The van der Waals surface area contributed by atoms with Gasteiger partial charge in [0, 0.05) is 22.1 Å². The van der Waals surface area contributed by atoms with Gasteiger partial charge in [0.1, 0.15) is 5.60 Å². The third-order valence-electron chi connectivity index (χ3n) is 7.63. The minimum Gasteiger partial charge on any atom is -0.456 e. The summed E-state index contributed by atoms with van der Waals surface area (Å²) in [6.07, 6.45) is 12.6. The molecular weight excluding hydrogens is 372 g/mol. The minimum absolute atomic E-state index is 0.192. The molecule has 1 aromatic carbocycles. The fourth-order valence-corrected chi connectivity index (χ4v) is 5.77. The van der Waals surface area contributed by atoms with Gasteiger partial charge in [0.15, 0.2) is 0 Å². The van der Waals surface area contributed by atoms with Crippen LogP contribution in [0.4, 0.5) is 0 Å². The number of nitrogens with one attached hydrogen (secondary N) is 1. The van der Waals surface area contributed by atoms with Crippen LogP contribution in [0.5, 0.6) is 0 Å². The number of hydrogen-bond donors (Lipinski definition) is 2. The van der Waals surface area contributed by atoms with E-state index < -0.39 is 0 Å². The number of hydrogen-bond acceptors (Lipinski definition) is 3. The number of H-pyrrole nitrogens is 1. The van der Waals surface area contributed by atoms with E-state index in [1.807, 2.05) is 6.92 Å². The fraction of sp³-hybridized carbons (Fsp3) is 0.654. The molecule has 0 bridgehead atoms. The molecule has 1 aromatic heterocycles. The van der Waals surface area contributed by atoms with Crippen molar-refractivity contribution in [2.45, 2.75) is 103 Å². The third-order valence-corrected chi connectivity index (χ3v) is 7.63. The number of ether oxygens (including phenoxy) is 1. The molecule has 0 saturated heterocycles. The van der Waals surface area contributed by atoms with Crippen molar-refractivity contribution in [2.75, 3.05) is 0 Å². The number of rotatable bonds is 5. The molecule has 2 aliphatic carbocycles. The summed E-state index contributed by atoms with van der Waals surface area (Å²) in [6, 6.07) is 6.41. The van der Waals surface area contributed by atoms with Gasteiger partial charge in [-0.15, -0.1) is 0 Å². The van der Waals surface area contributed by atoms with Gasteiger partial charge in [-0.3, -0.25) is 0 Å². The summed E-state index contributed by atoms with van der Waals surface area (Å²) >= 11 is 0. The highest BCUT2D eigenvalue weighted by atomic mass is 16.6. The highest BCUT2D eigenvalue weighted by Gasteiger charge is 2.33. The van der Waals surface area contributed by atoms with Crippen molar-refractivity contribution in [3.8, 4) is 0 Å². The van der Waals surface area contributed by atoms with Crippen LogP contribution in [-0.4, -0.2) is 22.1 Å². The van der Waals surface area contributed by atoms with Crippen molar-refractivity contribution in [1.82, 2.24) is 4.98 Å². The van der Waals surface area contributed by atoms with Crippen LogP contribution in [0.25, 0.3) is 10.9 Å². The number of nitrogens with two attached hydrogens (primary N) is 1. The maximum absolute atomic E-state index is 13.2. The smallest absolute Gasteiger partial charge is 0.341 e. The molecule has 1 heterocycles. The summed E-state index contributed by atoms with van der Waals surface area (Å²) in [6.45, 7) is 6.26. The second-order valence-corrected chi connectivity index (χ2v) is 10.4. The van der Waals surface area contributed by atoms with Crippen LogP contribution in [0.1, 0.15) is 99.7 Å². The SMILES string of the molecule is Cc1[nH]c2ccc(CC(C)(N)C3CCCCC3)cc2c1C(=O)OC1(C)CCCCC1. The largest absolute Gasteiger partial charge is 0.456 e. The molecule has 0 amide bonds. The first-order chi connectivity index (χ1) is 14.3. The molecule has 1 unspecified atom stereocenters. The zero-order chi connectivity index (χ0) is 21.4. The molecule has 2 saturated carbocycles. The van der Waals surface area contributed by atoms with E-state index in [9.17, 15) is 4.79 Å². The van der Waals surface area contributed by atoms with Gasteiger partial charge in [0.05, 0.1) is 5.56 Å². The standard InChI is InChI=1S/C26H38N2O2/c1-18-23(24(29)30-25(2)14-8-5-9-15-25)21-16-19(12-13-22(21)28-18)17-26(3,27)20-10-6-4-7-11-20/h12-13,16,20,28H,4-11,14-15,17,27H2,1-3H3. The first kappa shape index (κ1) is 21.4. The fourth-order valence-electron chi connectivity index (χ4n) is 5.77. The quantitative estimate of drug-likeness (QED) is 0.577. The Bertz CT molecular complexity index is 899. The van der Waals surface area contributed by atoms with Crippen molar-refractivity contribution < 1.29 is 9.53 Å². The minimum atomic E-state index is -0.334. The number of carbonyl (C=O) groups is 1. The topological polar surface area (TPSA) is 68.1 Å². The lowest BCUT2D eigenvalue weighted by Crippen LogP contribution is -2.47. The lowest BCUT2D eigenvalue weighted by molar-refractivity contribution is -0.0267. The number of carbonyl (C=O) groups excluding carboxylic acids is 1. The van der Waals surface area contributed by atoms with Gasteiger partial charge in [-0.2, -0.15) is 0 Å². The van der Waals surface area contributed by atoms with Crippen molar-refractivity contribution in [3.63, 3.8) is 0 Å². The average Bonchev–Trinajstić information content (AvgIpc) is 3.03. The van der Waals surface area contributed by atoms with Crippen LogP contribution < -0.4 is 5.73 Å². The number of aromatic amines is 1. The van der Waals surface area contributed by atoms with Gasteiger partial charge in [-0.05, 0) is 89.3 Å². The van der Waals surface area contributed by atoms with E-state index in [0.29, 0.717) is 11.5 Å². The predicted molar refractivity (Wildman–Crippen MR) is 123 cm³/mol. The molecule has 0 spiro atoms. The van der Waals surface area contributed by atoms with Crippen LogP contribution in [0, 0.1) is 12.8 Å². The molecular formula is C26H38N2O2. The molecule has 2 fully saturated rings. The zero-order valence-corrected chi connectivity index (χ0v) is 19.0. The van der Waals surface area contributed by atoms with Crippen molar-refractivity contribution in [2.24, 2.45) is 11.7 Å². The molecule has 3 N–H and O–H groups in total. The molecule has 4 nitrogen and oxygen atoms in total. The third kappa shape index (κ3) is 4.44. The monoisotopic (exact) mass is 410 g/mol. The van der Waals surface area contributed by atoms with Crippen molar-refractivity contribution >= 4 is 16.9 Å². The molecule has 0 radical (unpaired) electrons. The highest BCUT2D eigenvalue weighted by Crippen LogP contribution is 2.35. The normalized spacial score (nSPS) is 22.0. The molecule has 4 rings (SSSR count). The Morgan fingerprint density at radius 1 is 1.17 bits per heavy atom. The maximum Gasteiger partial charge on any atom is 0.341 e. The number of aryl methyl sites for hydroxylation is 1. The van der Waals surface area contributed by atoms with Gasteiger partial charge < -0.3 is 15.5 Å². The molecule has 164 valence electrons. The Kier molecular flexibility index (Phi) is 5.98. The summed E-state index contributed by atoms with van der Waals surface area (Å²) in [5, 5.41) is 0.967. The lowest BCUT2D eigenvalue weighted by atomic mass is 9.73. The van der Waals surface area contributed by atoms with Crippen LogP contribution >= 0.6 is 0 Å². The first-order valence-corrected chi connectivity index (χ1v) is 11.9. The summed E-state index contributed by atoms with van der Waals surface area (Å²) in [7, 11) is 0. The number of fused-ring (bicyclic) bond motifs is 1. The first-order valence-electron chi connectivity index (χ1n) is 11.9. The van der Waals surface area contributed by atoms with E-state index in [2.05, 4.69) is 37.0 Å². The summed E-state index contributed by atoms with van der Waals surface area (Å²) in [5.41, 5.74) is 10.0. The molecule has 2 aliphatic rings. The molecule has 4 heteroatoms. The lowest BCUT2D eigenvalue weighted by Gasteiger charge is -2.37. The Hall–Kier alpha value is -1.81. The predicted octanol–water partition coefficient (Wildman–Crippen LogP) is 6.20. The van der Waals surface area contributed by atoms with Gasteiger partial charge in [-0.25, -0.2) is 4.79 Å². The molecule has 2 aromatic rings. The highest BCUT2D eigenvalue weighted by molar-refractivity contribution is 6.05. The summed E-state index contributed by atoms with van der Waals surface area (Å²) < 4.78 is 6.06. The average molecular weight is 411 g/mol. The van der Waals surface area contributed by atoms with Crippen LogP contribution in [0.2, 0.25) is 0 Å². The second kappa shape index (κ2) is 8.37. The van der Waals surface area contributed by atoms with Gasteiger partial charge in [0.25, 0.3) is 0 Å². The van der Waals surface area contributed by atoms with Crippen LogP contribution in [0.3, 0.4) is 0 Å². The number of aromatic nitrogens is 1.